The first-order chi connectivity index (χ1) is 25.0. The summed E-state index contributed by atoms with van der Waals surface area (Å²) in [6.45, 7) is 9.06. The number of amides is 2. The number of benzene rings is 2. The monoisotopic (exact) mass is 705 g/mol. The highest BCUT2D eigenvalue weighted by atomic mass is 16.7. The highest BCUT2D eigenvalue weighted by Gasteiger charge is 2.40. The largest absolute Gasteiger partial charge is 0.373 e. The molecule has 6 rings (SSSR count). The van der Waals surface area contributed by atoms with Crippen LogP contribution in [0.3, 0.4) is 0 Å². The summed E-state index contributed by atoms with van der Waals surface area (Å²) < 4.78 is 0. The average Bonchev–Trinajstić information content (AvgIpc) is 3.14. The molecule has 2 atom stereocenters. The Morgan fingerprint density at radius 3 is 2.15 bits per heavy atom. The molecular weight excluding hydrogens is 651 g/mol. The van der Waals surface area contributed by atoms with Gasteiger partial charge in [0.05, 0.1) is 5.92 Å². The maximum absolute atomic E-state index is 13.6. The second-order valence-corrected chi connectivity index (χ2v) is 16.3. The smallest absolute Gasteiger partial charge is 0.331 e. The summed E-state index contributed by atoms with van der Waals surface area (Å²) in [7, 11) is 0. The molecule has 1 saturated carbocycles. The van der Waals surface area contributed by atoms with E-state index < -0.39 is 17.9 Å². The molecule has 3 N–H and O–H groups in total. The molecule has 276 valence electrons. The normalized spacial score (nSPS) is 21.4. The van der Waals surface area contributed by atoms with Crippen molar-refractivity contribution in [3.63, 3.8) is 0 Å². The molecule has 0 radical (unpaired) electrons. The summed E-state index contributed by atoms with van der Waals surface area (Å²) in [5.74, 6) is 6.73. The lowest BCUT2D eigenvalue weighted by atomic mass is 9.70. The standard InChI is InChI=1S/C43H55N5O4/c1-5-6-28-7-11-30(12-8-28)31-15-17-32(18-16-31)35-24-45-39(46-25-35)33-13-9-29(10-14-33)23-38(41(50)48-26-36(27-48)42(51)52-44)47-40(49)34-19-21-37(22-20-34)43(2,3)4/h9-10,13-14,17,19-22,24-25,28,30-31,36,38H,5-8,11-12,15-16,18,23,26-27,44H2,1-4H3,(H,47,49)/t28?,30?,31?,38-/m0/s1. The Bertz CT molecular complexity index is 1710. The maximum Gasteiger partial charge on any atom is 0.331 e. The minimum atomic E-state index is -0.828. The van der Waals surface area contributed by atoms with E-state index in [1.165, 1.54) is 50.5 Å². The number of carbonyl (C=O) groups excluding carboxylic acids is 3. The van der Waals surface area contributed by atoms with E-state index in [9.17, 15) is 14.4 Å². The quantitative estimate of drug-likeness (QED) is 0.199. The number of nitrogens with one attached hydrogen (secondary N) is 1. The molecule has 2 aromatic carbocycles. The van der Waals surface area contributed by atoms with Crippen LogP contribution >= 0.6 is 0 Å². The zero-order valence-electron chi connectivity index (χ0n) is 31.3. The minimum absolute atomic E-state index is 0.0466. The van der Waals surface area contributed by atoms with E-state index in [2.05, 4.69) is 43.9 Å². The average molecular weight is 706 g/mol. The second kappa shape index (κ2) is 16.5. The number of allylic oxidation sites excluding steroid dienone is 2. The van der Waals surface area contributed by atoms with Gasteiger partial charge in [0.15, 0.2) is 5.82 Å². The molecule has 2 heterocycles. The van der Waals surface area contributed by atoms with E-state index in [0.717, 1.165) is 52.8 Å². The summed E-state index contributed by atoms with van der Waals surface area (Å²) in [4.78, 5) is 54.2. The van der Waals surface area contributed by atoms with Gasteiger partial charge in [0.25, 0.3) is 5.91 Å². The Hall–Kier alpha value is -4.37. The highest BCUT2D eigenvalue weighted by Crippen LogP contribution is 2.42. The van der Waals surface area contributed by atoms with Crippen LogP contribution in [0.4, 0.5) is 0 Å². The molecule has 9 nitrogen and oxygen atoms in total. The summed E-state index contributed by atoms with van der Waals surface area (Å²) in [5, 5.41) is 2.96. The van der Waals surface area contributed by atoms with E-state index in [0.29, 0.717) is 11.4 Å². The molecule has 1 saturated heterocycles. The molecule has 2 fully saturated rings. The van der Waals surface area contributed by atoms with Gasteiger partial charge in [0, 0.05) is 48.6 Å². The third-order valence-corrected chi connectivity index (χ3v) is 11.6. The topological polar surface area (TPSA) is 128 Å². The molecule has 2 aliphatic carbocycles. The van der Waals surface area contributed by atoms with Crippen molar-refractivity contribution < 1.29 is 19.2 Å². The minimum Gasteiger partial charge on any atom is -0.373 e. The van der Waals surface area contributed by atoms with Gasteiger partial charge >= 0.3 is 5.97 Å². The molecule has 1 unspecified atom stereocenters. The van der Waals surface area contributed by atoms with Crippen LogP contribution in [0.5, 0.6) is 0 Å². The fourth-order valence-electron chi connectivity index (χ4n) is 8.26. The van der Waals surface area contributed by atoms with Gasteiger partial charge in [-0.2, -0.15) is 5.90 Å². The van der Waals surface area contributed by atoms with Gasteiger partial charge in [-0.3, -0.25) is 9.59 Å². The first-order valence-electron chi connectivity index (χ1n) is 19.2. The van der Waals surface area contributed by atoms with Gasteiger partial charge in [-0.15, -0.1) is 0 Å². The molecular formula is C43H55N5O4. The Labute approximate surface area is 308 Å². The molecule has 52 heavy (non-hydrogen) atoms. The van der Waals surface area contributed by atoms with Crippen molar-refractivity contribution in [2.24, 2.45) is 29.6 Å². The number of hydrogen-bond acceptors (Lipinski definition) is 7. The molecule has 9 heteroatoms. The molecule has 3 aliphatic rings. The summed E-state index contributed by atoms with van der Waals surface area (Å²) in [5.41, 5.74) is 5.75. The van der Waals surface area contributed by atoms with Crippen molar-refractivity contribution in [3.8, 4) is 11.4 Å². The first kappa shape index (κ1) is 37.4. The van der Waals surface area contributed by atoms with Crippen LogP contribution in [0.25, 0.3) is 17.0 Å². The van der Waals surface area contributed by atoms with Crippen LogP contribution < -0.4 is 11.2 Å². The Morgan fingerprint density at radius 1 is 0.904 bits per heavy atom. The lowest BCUT2D eigenvalue weighted by Gasteiger charge is -2.39. The van der Waals surface area contributed by atoms with E-state index in [4.69, 9.17) is 15.9 Å². The predicted octanol–water partition coefficient (Wildman–Crippen LogP) is 7.45. The van der Waals surface area contributed by atoms with Crippen LogP contribution in [0, 0.1) is 23.7 Å². The fourth-order valence-corrected chi connectivity index (χ4v) is 8.26. The summed E-state index contributed by atoms with van der Waals surface area (Å²) in [6, 6.07) is 14.4. The van der Waals surface area contributed by atoms with Crippen molar-refractivity contribution >= 4 is 23.4 Å². The fraction of sp³-hybridized carbons (Fsp3) is 0.512. The molecule has 0 bridgehead atoms. The number of hydrogen-bond donors (Lipinski definition) is 2. The highest BCUT2D eigenvalue weighted by molar-refractivity contribution is 5.98. The van der Waals surface area contributed by atoms with Gasteiger partial charge in [0.2, 0.25) is 5.91 Å². The van der Waals surface area contributed by atoms with Crippen LogP contribution in [0.2, 0.25) is 0 Å². The zero-order valence-corrected chi connectivity index (χ0v) is 31.3. The number of nitrogens with two attached hydrogens (primary N) is 1. The second-order valence-electron chi connectivity index (χ2n) is 16.3. The SMILES string of the molecule is CCCC1CCC(C2CC=C(c3cnc(-c4ccc(C[C@H](NC(=O)c5ccc(C(C)(C)C)cc5)C(=O)N5CC(C(=O)ON)C5)cc4)nc3)CC2)CC1. The molecule has 1 aliphatic heterocycles. The summed E-state index contributed by atoms with van der Waals surface area (Å²) in [6.07, 6.45) is 18.4. The molecule has 3 aromatic rings. The van der Waals surface area contributed by atoms with Crippen molar-refractivity contribution in [2.45, 2.75) is 103 Å². The van der Waals surface area contributed by atoms with Crippen molar-refractivity contribution in [1.29, 1.82) is 0 Å². The van der Waals surface area contributed by atoms with Crippen molar-refractivity contribution in [3.05, 3.63) is 89.3 Å². The van der Waals surface area contributed by atoms with Gasteiger partial charge in [-0.1, -0.05) is 95.9 Å². The van der Waals surface area contributed by atoms with E-state index in [1.54, 1.807) is 17.0 Å². The Balaban J connectivity index is 1.08. The number of likely N-dealkylation sites (tertiary alicyclic amines) is 1. The van der Waals surface area contributed by atoms with Gasteiger partial charge in [0.1, 0.15) is 6.04 Å². The van der Waals surface area contributed by atoms with Gasteiger partial charge in [-0.25, -0.2) is 14.8 Å². The number of carbonyl (C=O) groups is 3. The lowest BCUT2D eigenvalue weighted by Crippen LogP contribution is -2.59. The maximum atomic E-state index is 13.6. The third kappa shape index (κ3) is 8.98. The van der Waals surface area contributed by atoms with Crippen molar-refractivity contribution in [2.75, 3.05) is 13.1 Å². The molecule has 0 spiro atoms. The number of nitrogens with zero attached hydrogens (tertiary/aromatic N) is 3. The number of rotatable bonds is 11. The first-order valence-corrected chi connectivity index (χ1v) is 19.2. The Morgan fingerprint density at radius 2 is 1.58 bits per heavy atom. The molecule has 1 aromatic heterocycles. The molecule has 2 amide bonds. The van der Waals surface area contributed by atoms with Gasteiger partial charge in [-0.05, 0) is 84.1 Å². The van der Waals surface area contributed by atoms with Crippen LogP contribution in [-0.2, 0) is 26.3 Å². The third-order valence-electron chi connectivity index (χ3n) is 11.6. The predicted molar refractivity (Wildman–Crippen MR) is 204 cm³/mol. The lowest BCUT2D eigenvalue weighted by molar-refractivity contribution is -0.159. The van der Waals surface area contributed by atoms with Gasteiger partial charge < -0.3 is 15.1 Å². The van der Waals surface area contributed by atoms with E-state index in [-0.39, 0.29) is 36.7 Å². The van der Waals surface area contributed by atoms with Crippen molar-refractivity contribution in [1.82, 2.24) is 20.2 Å². The van der Waals surface area contributed by atoms with Crippen LogP contribution in [-0.4, -0.2) is 51.8 Å². The zero-order chi connectivity index (χ0) is 36.8. The van der Waals surface area contributed by atoms with E-state index in [1.807, 2.05) is 48.8 Å². The summed E-state index contributed by atoms with van der Waals surface area (Å²) >= 11 is 0. The number of aromatic nitrogens is 2. The Kier molecular flexibility index (Phi) is 11.9. The van der Waals surface area contributed by atoms with Crippen LogP contribution in [0.1, 0.15) is 113 Å². The van der Waals surface area contributed by atoms with E-state index >= 15 is 0 Å². The van der Waals surface area contributed by atoms with Crippen LogP contribution in [0.15, 0.2) is 67.0 Å².